The van der Waals surface area contributed by atoms with Gasteiger partial charge in [-0.25, -0.2) is 0 Å². The Morgan fingerprint density at radius 2 is 2.09 bits per heavy atom. The summed E-state index contributed by atoms with van der Waals surface area (Å²) in [5.74, 6) is 0.367. The van der Waals surface area contributed by atoms with Crippen LogP contribution >= 0.6 is 11.3 Å². The van der Waals surface area contributed by atoms with E-state index in [-0.39, 0.29) is 18.4 Å². The quantitative estimate of drug-likeness (QED) is 0.884. The minimum Gasteiger partial charge on any atom is -0.496 e. The molecule has 0 aliphatic heterocycles. The van der Waals surface area contributed by atoms with Gasteiger partial charge in [0.2, 0.25) is 5.91 Å². The third-order valence-corrected chi connectivity index (χ3v) is 4.28. The van der Waals surface area contributed by atoms with Crippen LogP contribution in [0.15, 0.2) is 35.7 Å². The molecular formula is C17H20N2O3S. The molecule has 0 saturated heterocycles. The molecule has 1 aromatic carbocycles. The van der Waals surface area contributed by atoms with E-state index in [9.17, 15) is 9.59 Å². The second kappa shape index (κ2) is 7.78. The summed E-state index contributed by atoms with van der Waals surface area (Å²) in [5.41, 5.74) is 2.04. The maximum Gasteiger partial charge on any atom is 0.261 e. The molecule has 0 aliphatic carbocycles. The van der Waals surface area contributed by atoms with Crippen LogP contribution in [0.1, 0.15) is 20.8 Å². The SMILES string of the molecule is COc1ccc(C)cc1CN(C)C(=O)CNC(=O)c1cccs1. The van der Waals surface area contributed by atoms with Gasteiger partial charge in [-0.2, -0.15) is 0 Å². The fourth-order valence-electron chi connectivity index (χ4n) is 2.16. The van der Waals surface area contributed by atoms with E-state index in [1.54, 1.807) is 31.2 Å². The van der Waals surface area contributed by atoms with Crippen molar-refractivity contribution in [1.29, 1.82) is 0 Å². The molecule has 5 nitrogen and oxygen atoms in total. The van der Waals surface area contributed by atoms with E-state index in [1.807, 2.05) is 30.5 Å². The first kappa shape index (κ1) is 17.0. The summed E-state index contributed by atoms with van der Waals surface area (Å²) in [6.45, 7) is 2.39. The van der Waals surface area contributed by atoms with Gasteiger partial charge in [0.15, 0.2) is 0 Å². The molecule has 0 fully saturated rings. The summed E-state index contributed by atoms with van der Waals surface area (Å²) in [5, 5.41) is 4.47. The largest absolute Gasteiger partial charge is 0.496 e. The molecule has 0 saturated carbocycles. The lowest BCUT2D eigenvalue weighted by Gasteiger charge is -2.19. The van der Waals surface area contributed by atoms with Gasteiger partial charge < -0.3 is 15.0 Å². The van der Waals surface area contributed by atoms with Crippen molar-refractivity contribution < 1.29 is 14.3 Å². The topological polar surface area (TPSA) is 58.6 Å². The molecule has 1 heterocycles. The fourth-order valence-corrected chi connectivity index (χ4v) is 2.80. The molecule has 122 valence electrons. The third-order valence-electron chi connectivity index (χ3n) is 3.41. The van der Waals surface area contributed by atoms with Crippen molar-refractivity contribution in [3.8, 4) is 5.75 Å². The number of methoxy groups -OCH3 is 1. The number of ether oxygens (including phenoxy) is 1. The van der Waals surface area contributed by atoms with Crippen LogP contribution in [0.25, 0.3) is 0 Å². The van der Waals surface area contributed by atoms with Gasteiger partial charge >= 0.3 is 0 Å². The zero-order valence-electron chi connectivity index (χ0n) is 13.5. The number of hydrogen-bond acceptors (Lipinski definition) is 4. The highest BCUT2D eigenvalue weighted by Gasteiger charge is 2.14. The van der Waals surface area contributed by atoms with E-state index in [2.05, 4.69) is 5.32 Å². The van der Waals surface area contributed by atoms with Gasteiger partial charge in [0.25, 0.3) is 5.91 Å². The molecule has 23 heavy (non-hydrogen) atoms. The van der Waals surface area contributed by atoms with Gasteiger partial charge in [-0.05, 0) is 24.4 Å². The number of hydrogen-bond donors (Lipinski definition) is 1. The Labute approximate surface area is 139 Å². The van der Waals surface area contributed by atoms with E-state index >= 15 is 0 Å². The number of benzene rings is 1. The van der Waals surface area contributed by atoms with Crippen LogP contribution in [0, 0.1) is 6.92 Å². The molecule has 0 aliphatic rings. The van der Waals surface area contributed by atoms with Gasteiger partial charge in [-0.1, -0.05) is 23.8 Å². The summed E-state index contributed by atoms with van der Waals surface area (Å²) in [6.07, 6.45) is 0. The predicted molar refractivity (Wildman–Crippen MR) is 90.9 cm³/mol. The molecule has 1 aromatic heterocycles. The summed E-state index contributed by atoms with van der Waals surface area (Å²) < 4.78 is 5.32. The zero-order valence-corrected chi connectivity index (χ0v) is 14.3. The third kappa shape index (κ3) is 4.56. The van der Waals surface area contributed by atoms with Gasteiger partial charge in [0.05, 0.1) is 18.5 Å². The fraction of sp³-hybridized carbons (Fsp3) is 0.294. The van der Waals surface area contributed by atoms with Crippen molar-refractivity contribution in [2.75, 3.05) is 20.7 Å². The molecule has 6 heteroatoms. The van der Waals surface area contributed by atoms with Crippen LogP contribution in [0.3, 0.4) is 0 Å². The molecule has 2 rings (SSSR count). The number of aryl methyl sites for hydroxylation is 1. The summed E-state index contributed by atoms with van der Waals surface area (Å²) >= 11 is 1.35. The Kier molecular flexibility index (Phi) is 5.76. The van der Waals surface area contributed by atoms with Crippen molar-refractivity contribution >= 4 is 23.2 Å². The Hall–Kier alpha value is -2.34. The lowest BCUT2D eigenvalue weighted by Crippen LogP contribution is -2.37. The van der Waals surface area contributed by atoms with E-state index < -0.39 is 0 Å². The van der Waals surface area contributed by atoms with E-state index in [1.165, 1.54) is 11.3 Å². The minimum absolute atomic E-state index is 0.0264. The van der Waals surface area contributed by atoms with Gasteiger partial charge in [-0.15, -0.1) is 11.3 Å². The molecular weight excluding hydrogens is 312 g/mol. The van der Waals surface area contributed by atoms with Crippen LogP contribution in [-0.4, -0.2) is 37.4 Å². The highest BCUT2D eigenvalue weighted by atomic mass is 32.1. The summed E-state index contributed by atoms with van der Waals surface area (Å²) in [4.78, 5) is 26.2. The zero-order chi connectivity index (χ0) is 16.8. The highest BCUT2D eigenvalue weighted by Crippen LogP contribution is 2.21. The number of nitrogens with zero attached hydrogens (tertiary/aromatic N) is 1. The summed E-state index contributed by atoms with van der Waals surface area (Å²) in [7, 11) is 3.32. The standard InChI is InChI=1S/C17H20N2O3S/c1-12-6-7-14(22-3)13(9-12)11-19(2)16(20)10-18-17(21)15-5-4-8-23-15/h4-9H,10-11H2,1-3H3,(H,18,21). The Bertz CT molecular complexity index is 683. The Morgan fingerprint density at radius 1 is 1.30 bits per heavy atom. The lowest BCUT2D eigenvalue weighted by atomic mass is 10.1. The molecule has 0 atom stereocenters. The molecule has 0 radical (unpaired) electrons. The number of likely N-dealkylation sites (N-methyl/N-ethyl adjacent to an activating group) is 1. The number of nitrogens with one attached hydrogen (secondary N) is 1. The summed E-state index contributed by atoms with van der Waals surface area (Å²) in [6, 6.07) is 9.38. The van der Waals surface area contributed by atoms with Crippen molar-refractivity contribution in [2.24, 2.45) is 0 Å². The number of amides is 2. The highest BCUT2D eigenvalue weighted by molar-refractivity contribution is 7.12. The minimum atomic E-state index is -0.227. The molecule has 0 unspecified atom stereocenters. The van der Waals surface area contributed by atoms with Crippen LogP contribution in [0.4, 0.5) is 0 Å². The van der Waals surface area contributed by atoms with Crippen molar-refractivity contribution in [2.45, 2.75) is 13.5 Å². The number of carbonyl (C=O) groups excluding carboxylic acids is 2. The average molecular weight is 332 g/mol. The van der Waals surface area contributed by atoms with Crippen molar-refractivity contribution in [1.82, 2.24) is 10.2 Å². The van der Waals surface area contributed by atoms with Crippen LogP contribution < -0.4 is 10.1 Å². The normalized spacial score (nSPS) is 10.2. The number of rotatable bonds is 6. The van der Waals surface area contributed by atoms with E-state index in [0.717, 1.165) is 16.9 Å². The molecule has 0 spiro atoms. The van der Waals surface area contributed by atoms with E-state index in [0.29, 0.717) is 11.4 Å². The molecule has 1 N–H and O–H groups in total. The number of carbonyl (C=O) groups is 2. The van der Waals surface area contributed by atoms with Crippen LogP contribution in [-0.2, 0) is 11.3 Å². The first-order valence-corrected chi connectivity index (χ1v) is 8.08. The maximum atomic E-state index is 12.2. The second-order valence-corrected chi connectivity index (χ2v) is 6.17. The van der Waals surface area contributed by atoms with Crippen LogP contribution in [0.2, 0.25) is 0 Å². The molecule has 2 amide bonds. The van der Waals surface area contributed by atoms with E-state index in [4.69, 9.17) is 4.74 Å². The lowest BCUT2D eigenvalue weighted by molar-refractivity contribution is -0.129. The predicted octanol–water partition coefficient (Wildman–Crippen LogP) is 2.45. The van der Waals surface area contributed by atoms with Crippen molar-refractivity contribution in [3.05, 3.63) is 51.7 Å². The average Bonchev–Trinajstić information content (AvgIpc) is 3.07. The van der Waals surface area contributed by atoms with Gasteiger partial charge in [0.1, 0.15) is 5.75 Å². The van der Waals surface area contributed by atoms with Gasteiger partial charge in [0, 0.05) is 19.2 Å². The number of thiophene rings is 1. The van der Waals surface area contributed by atoms with Crippen molar-refractivity contribution in [3.63, 3.8) is 0 Å². The molecule has 0 bridgehead atoms. The van der Waals surface area contributed by atoms with Crippen LogP contribution in [0.5, 0.6) is 5.75 Å². The first-order valence-electron chi connectivity index (χ1n) is 7.20. The smallest absolute Gasteiger partial charge is 0.261 e. The van der Waals surface area contributed by atoms with Gasteiger partial charge in [-0.3, -0.25) is 9.59 Å². The second-order valence-electron chi connectivity index (χ2n) is 5.23. The monoisotopic (exact) mass is 332 g/mol. The first-order chi connectivity index (χ1) is 11.0. The maximum absolute atomic E-state index is 12.2. The Balaban J connectivity index is 1.92. The Morgan fingerprint density at radius 3 is 2.74 bits per heavy atom. The molecule has 2 aromatic rings.